The third-order valence-electron chi connectivity index (χ3n) is 4.87. The molecule has 1 amide bonds. The lowest BCUT2D eigenvalue weighted by Crippen LogP contribution is -2.38. The van der Waals surface area contributed by atoms with E-state index in [2.05, 4.69) is 0 Å². The SMILES string of the molecule is CN(C(=O)/C(=C/c1ccccc1)c1ccccc1)C1CCCCC1. The zero-order valence-electron chi connectivity index (χ0n) is 14.3. The van der Waals surface area contributed by atoms with Crippen LogP contribution in [0.25, 0.3) is 11.6 Å². The fourth-order valence-electron chi connectivity index (χ4n) is 3.43. The molecule has 1 aliphatic carbocycles. The summed E-state index contributed by atoms with van der Waals surface area (Å²) < 4.78 is 0. The zero-order chi connectivity index (χ0) is 16.8. The molecule has 0 unspecified atom stereocenters. The van der Waals surface area contributed by atoms with E-state index in [0.717, 1.165) is 29.5 Å². The van der Waals surface area contributed by atoms with Crippen LogP contribution in [0.1, 0.15) is 43.2 Å². The molecule has 0 N–H and O–H groups in total. The van der Waals surface area contributed by atoms with Gasteiger partial charge in [-0.3, -0.25) is 4.79 Å². The summed E-state index contributed by atoms with van der Waals surface area (Å²) >= 11 is 0. The molecule has 2 aromatic rings. The monoisotopic (exact) mass is 319 g/mol. The van der Waals surface area contributed by atoms with E-state index < -0.39 is 0 Å². The van der Waals surface area contributed by atoms with Gasteiger partial charge in [0.05, 0.1) is 0 Å². The summed E-state index contributed by atoms with van der Waals surface area (Å²) in [5.41, 5.74) is 2.81. The van der Waals surface area contributed by atoms with Crippen LogP contribution in [-0.2, 0) is 4.79 Å². The van der Waals surface area contributed by atoms with Crippen LogP contribution < -0.4 is 0 Å². The van der Waals surface area contributed by atoms with Gasteiger partial charge in [0, 0.05) is 18.7 Å². The number of rotatable bonds is 4. The topological polar surface area (TPSA) is 20.3 Å². The van der Waals surface area contributed by atoms with E-state index in [-0.39, 0.29) is 5.91 Å². The van der Waals surface area contributed by atoms with E-state index in [1.807, 2.05) is 78.7 Å². The van der Waals surface area contributed by atoms with Crippen molar-refractivity contribution >= 4 is 17.6 Å². The van der Waals surface area contributed by atoms with Crippen LogP contribution in [0.3, 0.4) is 0 Å². The van der Waals surface area contributed by atoms with Crippen LogP contribution in [0.4, 0.5) is 0 Å². The van der Waals surface area contributed by atoms with Crippen molar-refractivity contribution < 1.29 is 4.79 Å². The van der Waals surface area contributed by atoms with Crippen molar-refractivity contribution in [2.24, 2.45) is 0 Å². The Hall–Kier alpha value is -2.35. The highest BCUT2D eigenvalue weighted by Gasteiger charge is 2.25. The number of likely N-dealkylation sites (N-methyl/N-ethyl adjacent to an activating group) is 1. The van der Waals surface area contributed by atoms with E-state index in [0.29, 0.717) is 6.04 Å². The first kappa shape index (κ1) is 16.5. The first-order valence-electron chi connectivity index (χ1n) is 8.85. The number of carbonyl (C=O) groups is 1. The summed E-state index contributed by atoms with van der Waals surface area (Å²) in [6, 6.07) is 20.4. The molecule has 1 saturated carbocycles. The first-order valence-corrected chi connectivity index (χ1v) is 8.85. The quantitative estimate of drug-likeness (QED) is 0.572. The van der Waals surface area contributed by atoms with Gasteiger partial charge in [-0.2, -0.15) is 0 Å². The lowest BCUT2D eigenvalue weighted by molar-refractivity contribution is -0.126. The zero-order valence-corrected chi connectivity index (χ0v) is 14.3. The fourth-order valence-corrected chi connectivity index (χ4v) is 3.43. The predicted octanol–water partition coefficient (Wildman–Crippen LogP) is 5.02. The molecule has 3 rings (SSSR count). The number of amides is 1. The van der Waals surface area contributed by atoms with Gasteiger partial charge >= 0.3 is 0 Å². The molecular formula is C22H25NO. The van der Waals surface area contributed by atoms with Crippen molar-refractivity contribution in [2.45, 2.75) is 38.1 Å². The lowest BCUT2D eigenvalue weighted by atomic mass is 9.93. The Morgan fingerprint density at radius 2 is 1.50 bits per heavy atom. The van der Waals surface area contributed by atoms with Gasteiger partial charge in [-0.1, -0.05) is 79.9 Å². The molecule has 124 valence electrons. The Kier molecular flexibility index (Phi) is 5.47. The summed E-state index contributed by atoms with van der Waals surface area (Å²) in [4.78, 5) is 15.2. The maximum atomic E-state index is 13.2. The van der Waals surface area contributed by atoms with Crippen LogP contribution >= 0.6 is 0 Å². The number of nitrogens with zero attached hydrogens (tertiary/aromatic N) is 1. The molecule has 1 fully saturated rings. The molecule has 24 heavy (non-hydrogen) atoms. The molecule has 0 saturated heterocycles. The van der Waals surface area contributed by atoms with E-state index in [1.165, 1.54) is 19.3 Å². The Bertz CT molecular complexity index is 684. The molecule has 0 aromatic heterocycles. The van der Waals surface area contributed by atoms with Crippen LogP contribution in [0.5, 0.6) is 0 Å². The minimum Gasteiger partial charge on any atom is -0.339 e. The summed E-state index contributed by atoms with van der Waals surface area (Å²) in [6.45, 7) is 0. The summed E-state index contributed by atoms with van der Waals surface area (Å²) in [6.07, 6.45) is 8.00. The summed E-state index contributed by atoms with van der Waals surface area (Å²) in [7, 11) is 1.96. The average Bonchev–Trinajstić information content (AvgIpc) is 2.67. The molecular weight excluding hydrogens is 294 g/mol. The van der Waals surface area contributed by atoms with Gasteiger partial charge in [-0.25, -0.2) is 0 Å². The molecule has 2 nitrogen and oxygen atoms in total. The molecule has 0 radical (unpaired) electrons. The molecule has 0 aliphatic heterocycles. The van der Waals surface area contributed by atoms with Gasteiger partial charge in [0.1, 0.15) is 0 Å². The predicted molar refractivity (Wildman–Crippen MR) is 100 cm³/mol. The maximum Gasteiger partial charge on any atom is 0.254 e. The highest BCUT2D eigenvalue weighted by molar-refractivity contribution is 6.24. The minimum atomic E-state index is 0.122. The standard InChI is InChI=1S/C22H25NO/c1-23(20-15-9-4-10-16-20)22(24)21(19-13-7-3-8-14-19)17-18-11-5-2-6-12-18/h2-3,5-8,11-14,17,20H,4,9-10,15-16H2,1H3/b21-17+. The van der Waals surface area contributed by atoms with E-state index >= 15 is 0 Å². The largest absolute Gasteiger partial charge is 0.339 e. The Morgan fingerprint density at radius 3 is 2.12 bits per heavy atom. The van der Waals surface area contributed by atoms with Crippen molar-refractivity contribution in [1.82, 2.24) is 4.90 Å². The molecule has 0 heterocycles. The highest BCUT2D eigenvalue weighted by Crippen LogP contribution is 2.26. The molecule has 2 aromatic carbocycles. The van der Waals surface area contributed by atoms with Crippen LogP contribution in [0, 0.1) is 0 Å². The lowest BCUT2D eigenvalue weighted by Gasteiger charge is -2.32. The molecule has 0 atom stereocenters. The van der Waals surface area contributed by atoms with Crippen molar-refractivity contribution in [2.75, 3.05) is 7.05 Å². The van der Waals surface area contributed by atoms with Gasteiger partial charge in [-0.15, -0.1) is 0 Å². The van der Waals surface area contributed by atoms with Gasteiger partial charge in [0.25, 0.3) is 5.91 Å². The van der Waals surface area contributed by atoms with Crippen molar-refractivity contribution in [3.8, 4) is 0 Å². The van der Waals surface area contributed by atoms with Crippen LogP contribution in [-0.4, -0.2) is 23.9 Å². The van der Waals surface area contributed by atoms with Gasteiger partial charge in [-0.05, 0) is 30.0 Å². The van der Waals surface area contributed by atoms with Gasteiger partial charge in [0.15, 0.2) is 0 Å². The normalized spacial score (nSPS) is 16.0. The van der Waals surface area contributed by atoms with Crippen molar-refractivity contribution in [3.05, 3.63) is 71.8 Å². The van der Waals surface area contributed by atoms with Gasteiger partial charge in [0.2, 0.25) is 0 Å². The van der Waals surface area contributed by atoms with E-state index in [9.17, 15) is 4.79 Å². The first-order chi connectivity index (χ1) is 11.8. The number of carbonyl (C=O) groups excluding carboxylic acids is 1. The van der Waals surface area contributed by atoms with Crippen LogP contribution in [0.2, 0.25) is 0 Å². The Labute approximate surface area is 144 Å². The van der Waals surface area contributed by atoms with Crippen molar-refractivity contribution in [1.29, 1.82) is 0 Å². The molecule has 2 heteroatoms. The Balaban J connectivity index is 1.92. The number of hydrogen-bond acceptors (Lipinski definition) is 1. The minimum absolute atomic E-state index is 0.122. The fraction of sp³-hybridized carbons (Fsp3) is 0.318. The molecule has 1 aliphatic rings. The average molecular weight is 319 g/mol. The Morgan fingerprint density at radius 1 is 0.917 bits per heavy atom. The summed E-state index contributed by atoms with van der Waals surface area (Å²) in [5.74, 6) is 0.122. The maximum absolute atomic E-state index is 13.2. The second kappa shape index (κ2) is 7.96. The molecule has 0 bridgehead atoms. The molecule has 0 spiro atoms. The second-order valence-electron chi connectivity index (χ2n) is 6.54. The van der Waals surface area contributed by atoms with E-state index in [4.69, 9.17) is 0 Å². The smallest absolute Gasteiger partial charge is 0.254 e. The van der Waals surface area contributed by atoms with Crippen LogP contribution in [0.15, 0.2) is 60.7 Å². The van der Waals surface area contributed by atoms with Gasteiger partial charge < -0.3 is 4.90 Å². The van der Waals surface area contributed by atoms with E-state index in [1.54, 1.807) is 0 Å². The number of hydrogen-bond donors (Lipinski definition) is 0. The number of benzene rings is 2. The third-order valence-corrected chi connectivity index (χ3v) is 4.87. The highest BCUT2D eigenvalue weighted by atomic mass is 16.2. The summed E-state index contributed by atoms with van der Waals surface area (Å²) in [5, 5.41) is 0. The third kappa shape index (κ3) is 3.94. The van der Waals surface area contributed by atoms with Crippen molar-refractivity contribution in [3.63, 3.8) is 0 Å². The second-order valence-corrected chi connectivity index (χ2v) is 6.54.